The van der Waals surface area contributed by atoms with Gasteiger partial charge in [-0.05, 0) is 18.2 Å². The van der Waals surface area contributed by atoms with Crippen molar-refractivity contribution >= 4 is 62.3 Å². The Morgan fingerprint density at radius 1 is 1.20 bits per heavy atom. The molecule has 1 aromatic heterocycles. The smallest absolute Gasteiger partial charge is 0.270 e. The van der Waals surface area contributed by atoms with Crippen LogP contribution in [0.25, 0.3) is 10.2 Å². The predicted octanol–water partition coefficient (Wildman–Crippen LogP) is 3.85. The second-order valence-electron chi connectivity index (χ2n) is 7.65. The highest BCUT2D eigenvalue weighted by Crippen LogP contribution is 2.40. The van der Waals surface area contributed by atoms with Gasteiger partial charge in [-0.2, -0.15) is 0 Å². The van der Waals surface area contributed by atoms with Gasteiger partial charge in [-0.3, -0.25) is 19.8 Å². The summed E-state index contributed by atoms with van der Waals surface area (Å²) in [7, 11) is 3.22. The van der Waals surface area contributed by atoms with Gasteiger partial charge in [-0.1, -0.05) is 22.9 Å². The highest BCUT2D eigenvalue weighted by Gasteiger charge is 2.22. The number of thiazole rings is 1. The van der Waals surface area contributed by atoms with Crippen LogP contribution in [0.5, 0.6) is 11.5 Å². The Kier molecular flexibility index (Phi) is 8.95. The second kappa shape index (κ2) is 11.7. The van der Waals surface area contributed by atoms with Gasteiger partial charge in [0.1, 0.15) is 5.52 Å². The van der Waals surface area contributed by atoms with Crippen LogP contribution in [0.2, 0.25) is 5.02 Å². The molecule has 1 amide bonds. The number of methoxy groups -OCH3 is 2. The first-order chi connectivity index (χ1) is 16.4. The van der Waals surface area contributed by atoms with Crippen molar-refractivity contribution < 1.29 is 19.2 Å². The van der Waals surface area contributed by atoms with Gasteiger partial charge in [0.05, 0.1) is 34.4 Å². The molecule has 0 radical (unpaired) electrons. The van der Waals surface area contributed by atoms with E-state index < -0.39 is 10.8 Å². The van der Waals surface area contributed by atoms with E-state index in [1.165, 1.54) is 18.2 Å². The van der Waals surface area contributed by atoms with Crippen molar-refractivity contribution in [3.05, 3.63) is 51.0 Å². The largest absolute Gasteiger partial charge is 0.493 e. The summed E-state index contributed by atoms with van der Waals surface area (Å²) >= 11 is 7.66. The Hall–Kier alpha value is -2.86. The highest BCUT2D eigenvalue weighted by atomic mass is 35.5. The number of fused-ring (bicyclic) bond motifs is 1. The normalized spacial score (nSPS) is 13.9. The molecule has 10 nitrogen and oxygen atoms in total. The number of nitrogens with one attached hydrogen (secondary N) is 1. The number of hydrogen-bond donors (Lipinski definition) is 1. The molecule has 3 aromatic rings. The zero-order valence-electron chi connectivity index (χ0n) is 19.2. The van der Waals surface area contributed by atoms with Crippen molar-refractivity contribution in [2.75, 3.05) is 58.4 Å². The molecule has 0 bridgehead atoms. The molecule has 188 valence electrons. The summed E-state index contributed by atoms with van der Waals surface area (Å²) in [6.07, 6.45) is 0. The number of non-ortho nitro benzene ring substituents is 1. The van der Waals surface area contributed by atoms with E-state index in [-0.39, 0.29) is 28.7 Å². The number of carbonyl (C=O) groups excluding carboxylic acids is 1. The molecule has 0 unspecified atom stereocenters. The van der Waals surface area contributed by atoms with Crippen LogP contribution < -0.4 is 19.7 Å². The molecule has 0 aliphatic carbocycles. The van der Waals surface area contributed by atoms with E-state index in [9.17, 15) is 14.9 Å². The molecule has 0 saturated carbocycles. The molecule has 0 atom stereocenters. The number of anilines is 1. The molecule has 1 fully saturated rings. The van der Waals surface area contributed by atoms with Crippen LogP contribution in [0, 0.1) is 10.1 Å². The third-order valence-corrected chi connectivity index (χ3v) is 7.06. The Labute approximate surface area is 217 Å². The van der Waals surface area contributed by atoms with Crippen molar-refractivity contribution in [2.45, 2.75) is 0 Å². The molecule has 1 aliphatic heterocycles. The average molecular weight is 542 g/mol. The number of nitro groups is 1. The molecule has 2 aromatic carbocycles. The zero-order valence-corrected chi connectivity index (χ0v) is 21.5. The Morgan fingerprint density at radius 2 is 1.94 bits per heavy atom. The quantitative estimate of drug-likeness (QED) is 0.338. The standard InChI is InChI=1S/C22H24ClN5O5S.ClH/c1-32-17-5-6-18-19(20(17)33-2)25-22(34-18)27-11-9-26(10-12-27)8-7-24-21(29)15-13-14(28(30)31)3-4-16(15)23;/h3-6,13H,7-12H2,1-2H3,(H,24,29);1H. The van der Waals surface area contributed by atoms with Crippen LogP contribution in [0.3, 0.4) is 0 Å². The fraction of sp³-hybridized carbons (Fsp3) is 0.364. The highest BCUT2D eigenvalue weighted by molar-refractivity contribution is 7.22. The van der Waals surface area contributed by atoms with E-state index in [2.05, 4.69) is 15.1 Å². The molecule has 1 N–H and O–H groups in total. The lowest BCUT2D eigenvalue weighted by Gasteiger charge is -2.34. The summed E-state index contributed by atoms with van der Waals surface area (Å²) in [5.41, 5.74) is 0.729. The minimum atomic E-state index is -0.551. The molecular weight excluding hydrogens is 517 g/mol. The minimum absolute atomic E-state index is 0. The number of rotatable bonds is 8. The number of ether oxygens (including phenoxy) is 2. The van der Waals surface area contributed by atoms with Gasteiger partial charge < -0.3 is 19.7 Å². The van der Waals surface area contributed by atoms with Crippen LogP contribution in [-0.4, -0.2) is 74.2 Å². The summed E-state index contributed by atoms with van der Waals surface area (Å²) in [6.45, 7) is 4.34. The first kappa shape index (κ1) is 26.7. The first-order valence-corrected chi connectivity index (χ1v) is 11.8. The summed E-state index contributed by atoms with van der Waals surface area (Å²) < 4.78 is 11.9. The van der Waals surface area contributed by atoms with Crippen LogP contribution in [0.4, 0.5) is 10.8 Å². The van der Waals surface area contributed by atoms with E-state index in [0.717, 1.165) is 41.5 Å². The summed E-state index contributed by atoms with van der Waals surface area (Å²) in [5.74, 6) is 0.872. The lowest BCUT2D eigenvalue weighted by Crippen LogP contribution is -2.48. The second-order valence-corrected chi connectivity index (χ2v) is 9.07. The van der Waals surface area contributed by atoms with Crippen molar-refractivity contribution in [3.8, 4) is 11.5 Å². The van der Waals surface area contributed by atoms with Crippen LogP contribution >= 0.6 is 35.3 Å². The maximum absolute atomic E-state index is 12.4. The van der Waals surface area contributed by atoms with Gasteiger partial charge >= 0.3 is 0 Å². The maximum atomic E-state index is 12.4. The summed E-state index contributed by atoms with van der Waals surface area (Å²) in [6, 6.07) is 7.71. The van der Waals surface area contributed by atoms with Crippen LogP contribution in [0.1, 0.15) is 10.4 Å². The molecular formula is C22H25Cl2N5O5S. The minimum Gasteiger partial charge on any atom is -0.493 e. The summed E-state index contributed by atoms with van der Waals surface area (Å²) in [4.78, 5) is 32.1. The van der Waals surface area contributed by atoms with Crippen LogP contribution in [-0.2, 0) is 0 Å². The number of carbonyl (C=O) groups is 1. The van der Waals surface area contributed by atoms with Crippen molar-refractivity contribution in [3.63, 3.8) is 0 Å². The van der Waals surface area contributed by atoms with Gasteiger partial charge in [0.25, 0.3) is 11.6 Å². The Morgan fingerprint density at radius 3 is 2.60 bits per heavy atom. The molecule has 13 heteroatoms. The molecule has 35 heavy (non-hydrogen) atoms. The lowest BCUT2D eigenvalue weighted by atomic mass is 10.2. The zero-order chi connectivity index (χ0) is 24.2. The van der Waals surface area contributed by atoms with Crippen molar-refractivity contribution in [1.82, 2.24) is 15.2 Å². The van der Waals surface area contributed by atoms with Gasteiger partial charge in [-0.25, -0.2) is 4.98 Å². The number of halogens is 2. The van der Waals surface area contributed by atoms with E-state index >= 15 is 0 Å². The van der Waals surface area contributed by atoms with E-state index in [1.54, 1.807) is 25.6 Å². The van der Waals surface area contributed by atoms with Gasteiger partial charge in [0.2, 0.25) is 0 Å². The van der Waals surface area contributed by atoms with Crippen LogP contribution in [0.15, 0.2) is 30.3 Å². The number of nitrogens with zero attached hydrogens (tertiary/aromatic N) is 4. The number of nitro benzene ring substituents is 1. The van der Waals surface area contributed by atoms with Crippen molar-refractivity contribution in [2.24, 2.45) is 0 Å². The number of aromatic nitrogens is 1. The third kappa shape index (κ3) is 5.87. The lowest BCUT2D eigenvalue weighted by molar-refractivity contribution is -0.384. The summed E-state index contributed by atoms with van der Waals surface area (Å²) in [5, 5.41) is 14.9. The van der Waals surface area contributed by atoms with Gasteiger partial charge in [0, 0.05) is 51.4 Å². The van der Waals surface area contributed by atoms with Gasteiger partial charge in [-0.15, -0.1) is 12.4 Å². The molecule has 1 saturated heterocycles. The van der Waals surface area contributed by atoms with E-state index in [0.29, 0.717) is 24.6 Å². The van der Waals surface area contributed by atoms with Crippen molar-refractivity contribution in [1.29, 1.82) is 0 Å². The number of hydrogen-bond acceptors (Lipinski definition) is 9. The van der Waals surface area contributed by atoms with E-state index in [1.807, 2.05) is 12.1 Å². The fourth-order valence-corrected chi connectivity index (χ4v) is 5.04. The molecule has 2 heterocycles. The van der Waals surface area contributed by atoms with E-state index in [4.69, 9.17) is 26.1 Å². The SMILES string of the molecule is COc1ccc2sc(N3CCN(CCNC(=O)c4cc([N+](=O)[O-])ccc4Cl)CC3)nc2c1OC.Cl. The number of piperazine rings is 1. The monoisotopic (exact) mass is 541 g/mol. The maximum Gasteiger partial charge on any atom is 0.270 e. The fourth-order valence-electron chi connectivity index (χ4n) is 3.82. The average Bonchev–Trinajstić information content (AvgIpc) is 3.28. The first-order valence-electron chi connectivity index (χ1n) is 10.6. The third-order valence-electron chi connectivity index (χ3n) is 5.65. The number of benzene rings is 2. The number of amides is 1. The Bertz CT molecular complexity index is 1220. The molecule has 4 rings (SSSR count). The molecule has 0 spiro atoms. The Balaban J connectivity index is 0.00000342. The topological polar surface area (TPSA) is 110 Å². The van der Waals surface area contributed by atoms with Gasteiger partial charge in [0.15, 0.2) is 16.6 Å². The molecule has 1 aliphatic rings. The predicted molar refractivity (Wildman–Crippen MR) is 139 cm³/mol.